The van der Waals surface area contributed by atoms with E-state index in [-0.39, 0.29) is 7.92 Å². The summed E-state index contributed by atoms with van der Waals surface area (Å²) in [5.41, 5.74) is 0. The van der Waals surface area contributed by atoms with E-state index >= 15 is 0 Å². The molecule has 6 atom stereocenters. The Bertz CT molecular complexity index is 1780. The van der Waals surface area contributed by atoms with Crippen molar-refractivity contribution in [2.45, 2.75) is 77.0 Å². The van der Waals surface area contributed by atoms with Gasteiger partial charge in [-0.2, -0.15) is 0 Å². The molecule has 10 fully saturated rings. The fraction of sp³-hybridized carbons (Fsp3) is 0.586. The van der Waals surface area contributed by atoms with Gasteiger partial charge in [0.1, 0.15) is 0 Å². The van der Waals surface area contributed by atoms with Crippen LogP contribution in [0.4, 0.5) is 0 Å². The first-order valence-electron chi connectivity index (χ1n) is 13.4. The summed E-state index contributed by atoms with van der Waals surface area (Å²) in [6, 6.07) is 24.8. The van der Waals surface area contributed by atoms with Gasteiger partial charge < -0.3 is 0 Å². The molecule has 0 N–H and O–H groups in total. The maximum absolute atomic E-state index is 5.02. The van der Waals surface area contributed by atoms with Crippen LogP contribution in [0.15, 0.2) is 60.7 Å². The average Bonchev–Trinajstić information content (AvgIpc) is 3.76. The molecule has 6 unspecified atom stereocenters. The minimum absolute atomic E-state index is 0.319. The monoisotopic (exact) mass is 591 g/mol. The van der Waals surface area contributed by atoms with E-state index in [1.54, 1.807) is 10.6 Å². The van der Waals surface area contributed by atoms with E-state index in [1.807, 2.05) is 0 Å². The molecule has 0 bridgehead atoms. The summed E-state index contributed by atoms with van der Waals surface area (Å²) in [6.45, 7) is 7.09. The van der Waals surface area contributed by atoms with Gasteiger partial charge in [0, 0.05) is 0 Å². The Morgan fingerprint density at radius 2 is 1.29 bits per heavy atom. The SMILES string of the molecule is CC(N(C)C)[C]12[C]3(P(c4ccccc4)c4ccccc4)[CH]4[C]5([Si](C)(C)C)[C]1(Br)[Fe]43251678[CH]2[CH]1[CH]6[CH]7[CH]28. The van der Waals surface area contributed by atoms with E-state index in [1.165, 1.54) is 28.9 Å². The van der Waals surface area contributed by atoms with E-state index in [0.717, 1.165) is 9.98 Å². The maximum atomic E-state index is 5.02. The molecule has 10 aliphatic heterocycles. The first-order valence-corrected chi connectivity index (χ1v) is 25.0. The second-order valence-corrected chi connectivity index (χ2v) is 49.8. The third-order valence-corrected chi connectivity index (χ3v) is 87.2. The predicted octanol–water partition coefficient (Wildman–Crippen LogP) is 7.29. The van der Waals surface area contributed by atoms with Crippen LogP contribution in [-0.2, 0) is 6.51 Å². The van der Waals surface area contributed by atoms with E-state index in [0.29, 0.717) is 11.6 Å². The zero-order valence-electron chi connectivity index (χ0n) is 20.9. The number of rotatable bonds is 6. The molecule has 10 aliphatic rings. The Hall–Kier alpha value is 0.0464. The van der Waals surface area contributed by atoms with Gasteiger partial charge in [0.15, 0.2) is 0 Å². The number of nitrogens with zero attached hydrogens (tertiary/aromatic N) is 1. The topological polar surface area (TPSA) is 3.24 Å². The van der Waals surface area contributed by atoms with Crippen molar-refractivity contribution in [3.63, 3.8) is 0 Å². The molecule has 0 aliphatic carbocycles. The summed E-state index contributed by atoms with van der Waals surface area (Å²) < 4.78 is 2.84. The molecule has 1 spiro atoms. The van der Waals surface area contributed by atoms with E-state index in [2.05, 4.69) is 106 Å². The summed E-state index contributed by atoms with van der Waals surface area (Å²) in [4.78, 5) is 10.1. The van der Waals surface area contributed by atoms with Gasteiger partial charge in [0.05, 0.1) is 0 Å². The van der Waals surface area contributed by atoms with Crippen LogP contribution < -0.4 is 10.6 Å². The van der Waals surface area contributed by atoms with Gasteiger partial charge in [-0.3, -0.25) is 0 Å². The number of hydrogen-bond acceptors (Lipinski definition) is 1. The first kappa shape index (κ1) is 18.3. The molecular weight excluding hydrogens is 557 g/mol. The molecule has 180 valence electrons. The molecule has 12 rings (SSSR count). The standard InChI is InChI=1S/C24H30BrNPSi.C5H5.Fe/c1-18(26(2)3)23-21(17-22(24(23)25)28(4,5)6)27(19-13-9-7-10-14-19)20-15-11-8-12-16-20;1-2-4-5-3-1;/h7-18H,1-6H3;1-5H;. The Morgan fingerprint density at radius 1 is 0.853 bits per heavy atom. The Labute approximate surface area is 204 Å². The summed E-state index contributed by atoms with van der Waals surface area (Å²) in [5.74, 6) is 0. The number of benzene rings is 2. The van der Waals surface area contributed by atoms with Crippen LogP contribution in [0, 0.1) is 0 Å². The van der Waals surface area contributed by atoms with E-state index < -0.39 is 14.6 Å². The molecule has 0 aromatic heterocycles. The third kappa shape index (κ3) is 0.334. The number of hydrogen-bond donors (Lipinski definition) is 0. The van der Waals surface area contributed by atoms with Crippen molar-refractivity contribution in [2.24, 2.45) is 0 Å². The molecule has 0 radical (unpaired) electrons. The molecule has 5 heteroatoms. The quantitative estimate of drug-likeness (QED) is 0.194. The van der Waals surface area contributed by atoms with Crippen LogP contribution in [0.25, 0.3) is 0 Å². The van der Waals surface area contributed by atoms with Gasteiger partial charge in [-0.15, -0.1) is 0 Å². The fourth-order valence-corrected chi connectivity index (χ4v) is 159. The van der Waals surface area contributed by atoms with E-state index in [9.17, 15) is 0 Å². The van der Waals surface area contributed by atoms with Gasteiger partial charge in [0.2, 0.25) is 0 Å². The van der Waals surface area contributed by atoms with Crippen LogP contribution in [0.1, 0.15) is 6.92 Å². The fourth-order valence-electron chi connectivity index (χ4n) is 23.0. The molecule has 2 aromatic carbocycles. The van der Waals surface area contributed by atoms with Crippen molar-refractivity contribution in [1.82, 2.24) is 4.90 Å². The summed E-state index contributed by atoms with van der Waals surface area (Å²) in [7, 11) is 3.18. The second-order valence-electron chi connectivity index (χ2n) is 16.7. The molecule has 0 saturated carbocycles. The number of halogens is 1. The van der Waals surface area contributed by atoms with Crippen LogP contribution >= 0.6 is 23.9 Å². The van der Waals surface area contributed by atoms with Crippen LogP contribution in [0.3, 0.4) is 0 Å². The van der Waals surface area contributed by atoms with Crippen molar-refractivity contribution >= 4 is 42.5 Å². The normalized spacial score (nSPS) is 73.8. The third-order valence-electron chi connectivity index (χ3n) is 19.8. The number of fused-ring (bicyclic) bond motifs is 10. The second kappa shape index (κ2) is 2.44. The average molecular weight is 592 g/mol. The summed E-state index contributed by atoms with van der Waals surface area (Å²) in [5, 5.41) is 3.42. The van der Waals surface area contributed by atoms with Crippen molar-refractivity contribution < 1.29 is 6.51 Å². The molecule has 1 nitrogen and oxygen atoms in total. The van der Waals surface area contributed by atoms with Gasteiger partial charge >= 0.3 is 206 Å². The molecule has 10 saturated heterocycles. The van der Waals surface area contributed by atoms with E-state index in [4.69, 9.17) is 15.9 Å². The van der Waals surface area contributed by atoms with Gasteiger partial charge in [-0.1, -0.05) is 0 Å². The summed E-state index contributed by atoms with van der Waals surface area (Å²) >= 11 is 5.02. The minimum atomic E-state index is -4.09. The van der Waals surface area contributed by atoms with Crippen LogP contribution in [0.2, 0.25) is 56.8 Å². The van der Waals surface area contributed by atoms with Crippen molar-refractivity contribution in [3.8, 4) is 0 Å². The van der Waals surface area contributed by atoms with Crippen molar-refractivity contribution in [3.05, 3.63) is 60.7 Å². The first-order chi connectivity index (χ1) is 15.9. The predicted molar refractivity (Wildman–Crippen MR) is 148 cm³/mol. The molecule has 2 aromatic rings. The summed E-state index contributed by atoms with van der Waals surface area (Å²) in [6.07, 6.45) is 0. The van der Waals surface area contributed by atoms with Crippen molar-refractivity contribution in [2.75, 3.05) is 14.1 Å². The van der Waals surface area contributed by atoms with Crippen LogP contribution in [-0.4, -0.2) is 40.4 Å². The number of alkyl halides is 1. The molecule has 34 heavy (non-hydrogen) atoms. The van der Waals surface area contributed by atoms with Crippen LogP contribution in [0.5, 0.6) is 0 Å². The molecule has 0 amide bonds. The van der Waals surface area contributed by atoms with Crippen molar-refractivity contribution in [1.29, 1.82) is 0 Å². The van der Waals surface area contributed by atoms with Gasteiger partial charge in [0.25, 0.3) is 0 Å². The molecule has 10 heterocycles. The zero-order chi connectivity index (χ0) is 23.2. The Morgan fingerprint density at radius 3 is 1.65 bits per heavy atom. The van der Waals surface area contributed by atoms with Gasteiger partial charge in [-0.05, 0) is 0 Å². The molecular formula is C29H35BrFeNPSi. The Balaban J connectivity index is 1.31. The zero-order valence-corrected chi connectivity index (χ0v) is 25.5. The Kier molecular flexibility index (Phi) is 1.31. The van der Waals surface area contributed by atoms with Gasteiger partial charge in [-0.25, -0.2) is 0 Å².